The maximum atomic E-state index is 12.6. The predicted octanol–water partition coefficient (Wildman–Crippen LogP) is 0.816. The summed E-state index contributed by atoms with van der Waals surface area (Å²) in [6, 6.07) is 4.21. The minimum absolute atomic E-state index is 0.728. The Labute approximate surface area is 84.8 Å². The summed E-state index contributed by atoms with van der Waals surface area (Å²) in [7, 11) is -9.99. The lowest BCUT2D eigenvalue weighted by atomic mass is 10.3. The first kappa shape index (κ1) is 12.1. The van der Waals surface area contributed by atoms with Gasteiger partial charge in [0.15, 0.2) is 5.75 Å². The van der Waals surface area contributed by atoms with Gasteiger partial charge in [-0.05, 0) is 12.1 Å². The largest absolute Gasteiger partial charge is 0.524 e. The number of hydrogen-bond acceptors (Lipinski definition) is 4. The molecule has 0 aromatic heterocycles. The molecule has 2 N–H and O–H groups in total. The highest BCUT2D eigenvalue weighted by molar-refractivity contribution is 7.86. The van der Waals surface area contributed by atoms with E-state index in [4.69, 9.17) is 9.79 Å². The Kier molecular flexibility index (Phi) is 3.15. The molecule has 0 heterocycles. The van der Waals surface area contributed by atoms with Crippen molar-refractivity contribution in [1.29, 1.82) is 0 Å². The fourth-order valence-corrected chi connectivity index (χ4v) is 1.92. The summed E-state index contributed by atoms with van der Waals surface area (Å²) >= 11 is 0. The first-order chi connectivity index (χ1) is 6.70. The van der Waals surface area contributed by atoms with Crippen molar-refractivity contribution < 1.29 is 31.2 Å². The van der Waals surface area contributed by atoms with E-state index in [1.54, 1.807) is 0 Å². The quantitative estimate of drug-likeness (QED) is 0.613. The topological polar surface area (TPSA) is 101 Å². The fourth-order valence-electron chi connectivity index (χ4n) is 0.855. The third-order valence-corrected chi connectivity index (χ3v) is 2.63. The smallest absolute Gasteiger partial charge is 0.403 e. The average Bonchev–Trinajstić information content (AvgIpc) is 1.99. The van der Waals surface area contributed by atoms with Crippen LogP contribution in [0, 0.1) is 0 Å². The van der Waals surface area contributed by atoms with Gasteiger partial charge in [0.05, 0.1) is 0 Å². The molecule has 1 aromatic rings. The Hall–Kier alpha value is -0.950. The predicted molar refractivity (Wildman–Crippen MR) is 47.4 cm³/mol. The molecule has 1 aromatic carbocycles. The van der Waals surface area contributed by atoms with Crippen LogP contribution < -0.4 is 4.52 Å². The molecule has 0 radical (unpaired) electrons. The van der Waals surface area contributed by atoms with Crippen molar-refractivity contribution in [2.24, 2.45) is 0 Å². The van der Waals surface area contributed by atoms with E-state index in [1.807, 2.05) is 0 Å². The Balaban J connectivity index is 3.26. The minimum Gasteiger partial charge on any atom is -0.403 e. The molecule has 0 atom stereocenters. The summed E-state index contributed by atoms with van der Waals surface area (Å²) < 4.78 is 48.1. The second kappa shape index (κ2) is 3.90. The van der Waals surface area contributed by atoms with Crippen LogP contribution in [0.2, 0.25) is 0 Å². The lowest BCUT2D eigenvalue weighted by Crippen LogP contribution is -1.98. The molecule has 15 heavy (non-hydrogen) atoms. The Morgan fingerprint density at radius 2 is 1.80 bits per heavy atom. The van der Waals surface area contributed by atoms with Gasteiger partial charge < -0.3 is 4.52 Å². The van der Waals surface area contributed by atoms with Gasteiger partial charge in [0, 0.05) is 0 Å². The molecule has 0 fully saturated rings. The van der Waals surface area contributed by atoms with Gasteiger partial charge in [0.1, 0.15) is 4.90 Å². The molecule has 0 spiro atoms. The minimum atomic E-state index is -5.07. The number of phosphoric acid groups is 1. The third kappa shape index (κ3) is 3.60. The van der Waals surface area contributed by atoms with Gasteiger partial charge in [-0.1, -0.05) is 12.1 Å². The number of benzene rings is 1. The maximum absolute atomic E-state index is 12.6. The van der Waals surface area contributed by atoms with E-state index in [-0.39, 0.29) is 0 Å². The van der Waals surface area contributed by atoms with Gasteiger partial charge in [0.25, 0.3) is 0 Å². The summed E-state index contributed by atoms with van der Waals surface area (Å²) in [5, 5.41) is 0. The van der Waals surface area contributed by atoms with Crippen molar-refractivity contribution in [2.75, 3.05) is 0 Å². The SMILES string of the molecule is O=P(O)(O)Oc1ccccc1S(=O)(=O)F. The first-order valence-electron chi connectivity index (χ1n) is 3.49. The van der Waals surface area contributed by atoms with Crippen molar-refractivity contribution in [3.05, 3.63) is 24.3 Å². The molecule has 6 nitrogen and oxygen atoms in total. The number of halogens is 1. The number of rotatable bonds is 3. The zero-order valence-electron chi connectivity index (χ0n) is 7.07. The molecule has 0 saturated carbocycles. The fraction of sp³-hybridized carbons (Fsp3) is 0. The van der Waals surface area contributed by atoms with Gasteiger partial charge in [-0.2, -0.15) is 8.42 Å². The van der Waals surface area contributed by atoms with Crippen molar-refractivity contribution in [3.63, 3.8) is 0 Å². The number of hydrogen-bond donors (Lipinski definition) is 2. The number of phosphoric ester groups is 1. The lowest BCUT2D eigenvalue weighted by Gasteiger charge is -2.08. The summed E-state index contributed by atoms with van der Waals surface area (Å²) in [6.07, 6.45) is 0. The van der Waals surface area contributed by atoms with E-state index >= 15 is 0 Å². The van der Waals surface area contributed by atoms with Gasteiger partial charge in [-0.15, -0.1) is 3.89 Å². The van der Waals surface area contributed by atoms with Crippen LogP contribution in [0.1, 0.15) is 0 Å². The third-order valence-electron chi connectivity index (χ3n) is 1.33. The molecule has 0 aliphatic rings. The highest BCUT2D eigenvalue weighted by Crippen LogP contribution is 2.40. The Morgan fingerprint density at radius 3 is 2.27 bits per heavy atom. The standard InChI is InChI=1S/C6H6FO6PS/c7-15(11,12)6-4-2-1-3-5(6)13-14(8,9)10/h1-4H,(H2,8,9,10). The Morgan fingerprint density at radius 1 is 1.27 bits per heavy atom. The van der Waals surface area contributed by atoms with Crippen molar-refractivity contribution >= 4 is 18.0 Å². The maximum Gasteiger partial charge on any atom is 0.524 e. The van der Waals surface area contributed by atoms with Crippen LogP contribution in [0.3, 0.4) is 0 Å². The highest BCUT2D eigenvalue weighted by Gasteiger charge is 2.23. The van der Waals surface area contributed by atoms with Crippen molar-refractivity contribution in [1.82, 2.24) is 0 Å². The van der Waals surface area contributed by atoms with Gasteiger partial charge in [-0.25, -0.2) is 4.57 Å². The molecule has 1 rings (SSSR count). The molecule has 0 saturated heterocycles. The normalized spacial score (nSPS) is 12.5. The Bertz CT molecular complexity index is 506. The zero-order valence-corrected chi connectivity index (χ0v) is 8.78. The molecule has 9 heteroatoms. The van der Waals surface area contributed by atoms with Crippen molar-refractivity contribution in [3.8, 4) is 5.75 Å². The van der Waals surface area contributed by atoms with Crippen LogP contribution in [0.4, 0.5) is 3.89 Å². The summed E-state index contributed by atoms with van der Waals surface area (Å²) in [5.74, 6) is -0.728. The zero-order chi connectivity index (χ0) is 11.7. The van der Waals surface area contributed by atoms with E-state index in [2.05, 4.69) is 4.52 Å². The van der Waals surface area contributed by atoms with Crippen molar-refractivity contribution in [2.45, 2.75) is 4.90 Å². The van der Waals surface area contributed by atoms with Crippen LogP contribution in [0.15, 0.2) is 29.2 Å². The van der Waals surface area contributed by atoms with E-state index < -0.39 is 28.7 Å². The second-order valence-corrected chi connectivity index (χ2v) is 4.95. The molecular weight excluding hydrogens is 250 g/mol. The van der Waals surface area contributed by atoms with E-state index in [0.717, 1.165) is 12.1 Å². The van der Waals surface area contributed by atoms with Crippen LogP contribution in [-0.4, -0.2) is 18.2 Å². The monoisotopic (exact) mass is 256 g/mol. The molecule has 0 aliphatic carbocycles. The van der Waals surface area contributed by atoms with Crippen LogP contribution in [0.5, 0.6) is 5.75 Å². The van der Waals surface area contributed by atoms with Gasteiger partial charge in [-0.3, -0.25) is 9.79 Å². The summed E-state index contributed by atoms with van der Waals surface area (Å²) in [6.45, 7) is 0. The van der Waals surface area contributed by atoms with Crippen LogP contribution in [-0.2, 0) is 14.8 Å². The summed E-state index contributed by atoms with van der Waals surface area (Å²) in [4.78, 5) is 15.9. The lowest BCUT2D eigenvalue weighted by molar-refractivity contribution is 0.281. The first-order valence-corrected chi connectivity index (χ1v) is 6.40. The van der Waals surface area contributed by atoms with Gasteiger partial charge in [0.2, 0.25) is 0 Å². The second-order valence-electron chi connectivity index (χ2n) is 2.47. The van der Waals surface area contributed by atoms with E-state index in [0.29, 0.717) is 0 Å². The van der Waals surface area contributed by atoms with E-state index in [9.17, 15) is 16.9 Å². The molecule has 84 valence electrons. The molecule has 0 aliphatic heterocycles. The molecule has 0 bridgehead atoms. The molecule has 0 unspecified atom stereocenters. The molecule has 0 amide bonds. The van der Waals surface area contributed by atoms with Crippen LogP contribution >= 0.6 is 7.82 Å². The van der Waals surface area contributed by atoms with Crippen LogP contribution in [0.25, 0.3) is 0 Å². The van der Waals surface area contributed by atoms with Gasteiger partial charge >= 0.3 is 18.0 Å². The van der Waals surface area contributed by atoms with E-state index in [1.165, 1.54) is 12.1 Å². The summed E-state index contributed by atoms with van der Waals surface area (Å²) in [5.41, 5.74) is 0. The molecular formula is C6H6FO6PS. The average molecular weight is 256 g/mol. The highest BCUT2D eigenvalue weighted by atomic mass is 32.3. The number of para-hydroxylation sites is 1.